The molecule has 0 radical (unpaired) electrons. The highest BCUT2D eigenvalue weighted by atomic mass is 16.6. The summed E-state index contributed by atoms with van der Waals surface area (Å²) < 4.78 is 9.92. The molecule has 90 valence electrons. The Balaban J connectivity index is 3.10. The van der Waals surface area contributed by atoms with E-state index in [9.17, 15) is 9.59 Å². The molecule has 4 nitrogen and oxygen atoms in total. The van der Waals surface area contributed by atoms with Crippen LogP contribution in [0.2, 0.25) is 0 Å². The first kappa shape index (κ1) is 13.0. The van der Waals surface area contributed by atoms with E-state index in [1.54, 1.807) is 18.2 Å². The number of rotatable bonds is 3. The van der Waals surface area contributed by atoms with E-state index in [0.29, 0.717) is 0 Å². The predicted molar refractivity (Wildman–Crippen MR) is 63.8 cm³/mol. The van der Waals surface area contributed by atoms with Gasteiger partial charge in [0, 0.05) is 13.8 Å². The molecule has 0 atom stereocenters. The number of ether oxygens (including phenoxy) is 2. The Morgan fingerprint density at radius 3 is 2.18 bits per heavy atom. The zero-order valence-electron chi connectivity index (χ0n) is 10.0. The molecule has 0 N–H and O–H groups in total. The molecule has 0 aliphatic rings. The summed E-state index contributed by atoms with van der Waals surface area (Å²) >= 11 is 0. The highest BCUT2D eigenvalue weighted by Gasteiger charge is 2.10. The third-order valence-corrected chi connectivity index (χ3v) is 1.83. The van der Waals surface area contributed by atoms with E-state index in [1.165, 1.54) is 13.8 Å². The van der Waals surface area contributed by atoms with Gasteiger partial charge < -0.3 is 9.47 Å². The minimum atomic E-state index is -0.462. The summed E-state index contributed by atoms with van der Waals surface area (Å²) in [7, 11) is 0. The first-order chi connectivity index (χ1) is 8.02. The molecule has 0 aliphatic carbocycles. The van der Waals surface area contributed by atoms with Gasteiger partial charge in [-0.15, -0.1) is 0 Å². The summed E-state index contributed by atoms with van der Waals surface area (Å²) in [6, 6.07) is 5.00. The van der Waals surface area contributed by atoms with Gasteiger partial charge in [-0.1, -0.05) is 18.2 Å². The predicted octanol–water partition coefficient (Wildman–Crippen LogP) is 2.57. The zero-order chi connectivity index (χ0) is 12.8. The van der Waals surface area contributed by atoms with Crippen LogP contribution in [0.3, 0.4) is 0 Å². The third-order valence-electron chi connectivity index (χ3n) is 1.83. The number of carbonyl (C=O) groups excluding carboxylic acids is 2. The lowest BCUT2D eigenvalue weighted by molar-refractivity contribution is -0.134. The highest BCUT2D eigenvalue weighted by molar-refractivity contribution is 5.74. The number of allylic oxidation sites excluding steroid dienone is 1. The van der Waals surface area contributed by atoms with E-state index in [1.807, 2.05) is 19.1 Å². The van der Waals surface area contributed by atoms with Gasteiger partial charge in [0.15, 0.2) is 11.5 Å². The van der Waals surface area contributed by atoms with Crippen LogP contribution in [-0.4, -0.2) is 11.9 Å². The van der Waals surface area contributed by atoms with Crippen LogP contribution in [0, 0.1) is 0 Å². The average Bonchev–Trinajstić information content (AvgIpc) is 2.21. The van der Waals surface area contributed by atoms with Crippen LogP contribution < -0.4 is 9.47 Å². The van der Waals surface area contributed by atoms with Gasteiger partial charge in [-0.2, -0.15) is 0 Å². The van der Waals surface area contributed by atoms with E-state index in [-0.39, 0.29) is 11.5 Å². The fraction of sp³-hybridized carbons (Fsp3) is 0.231. The fourth-order valence-corrected chi connectivity index (χ4v) is 1.29. The van der Waals surface area contributed by atoms with Crippen LogP contribution in [0.1, 0.15) is 26.3 Å². The monoisotopic (exact) mass is 234 g/mol. The second-order valence-electron chi connectivity index (χ2n) is 3.39. The van der Waals surface area contributed by atoms with Crippen molar-refractivity contribution in [1.82, 2.24) is 0 Å². The van der Waals surface area contributed by atoms with Crippen LogP contribution in [-0.2, 0) is 9.59 Å². The molecule has 0 amide bonds. The van der Waals surface area contributed by atoms with Crippen molar-refractivity contribution in [3.63, 3.8) is 0 Å². The molecule has 1 aromatic rings. The normalized spacial score (nSPS) is 10.3. The maximum Gasteiger partial charge on any atom is 0.308 e. The van der Waals surface area contributed by atoms with E-state index in [0.717, 1.165) is 5.56 Å². The molecule has 1 rings (SSSR count). The van der Waals surface area contributed by atoms with Crippen molar-refractivity contribution in [1.29, 1.82) is 0 Å². The van der Waals surface area contributed by atoms with Crippen LogP contribution in [0.4, 0.5) is 0 Å². The van der Waals surface area contributed by atoms with Gasteiger partial charge in [-0.3, -0.25) is 9.59 Å². The molecule has 0 unspecified atom stereocenters. The first-order valence-electron chi connectivity index (χ1n) is 5.16. The van der Waals surface area contributed by atoms with Gasteiger partial charge in [0.25, 0.3) is 0 Å². The Morgan fingerprint density at radius 1 is 1.06 bits per heavy atom. The summed E-state index contributed by atoms with van der Waals surface area (Å²) in [6.07, 6.45) is 3.71. The summed E-state index contributed by atoms with van der Waals surface area (Å²) in [4.78, 5) is 21.8. The van der Waals surface area contributed by atoms with Crippen molar-refractivity contribution >= 4 is 18.0 Å². The average molecular weight is 234 g/mol. The van der Waals surface area contributed by atoms with Gasteiger partial charge in [0.05, 0.1) is 0 Å². The molecule has 0 spiro atoms. The van der Waals surface area contributed by atoms with Crippen LogP contribution in [0.5, 0.6) is 11.5 Å². The van der Waals surface area contributed by atoms with Gasteiger partial charge >= 0.3 is 11.9 Å². The minimum absolute atomic E-state index is 0.237. The number of esters is 2. The van der Waals surface area contributed by atoms with E-state index in [2.05, 4.69) is 0 Å². The Kier molecular flexibility index (Phi) is 4.46. The van der Waals surface area contributed by atoms with Crippen molar-refractivity contribution in [3.05, 3.63) is 29.8 Å². The fourth-order valence-electron chi connectivity index (χ4n) is 1.29. The van der Waals surface area contributed by atoms with Crippen molar-refractivity contribution in [2.75, 3.05) is 0 Å². The molecule has 0 saturated heterocycles. The number of benzene rings is 1. The molecule has 17 heavy (non-hydrogen) atoms. The standard InChI is InChI=1S/C13H14O4/c1-4-5-11-6-7-12(16-9(2)14)13(8-11)17-10(3)15/h4-8H,1-3H3/b5-4+. The lowest BCUT2D eigenvalue weighted by Crippen LogP contribution is -2.07. The van der Waals surface area contributed by atoms with E-state index < -0.39 is 11.9 Å². The minimum Gasteiger partial charge on any atom is -0.423 e. The van der Waals surface area contributed by atoms with Crippen LogP contribution in [0.15, 0.2) is 24.3 Å². The van der Waals surface area contributed by atoms with Gasteiger partial charge in [-0.05, 0) is 24.6 Å². The van der Waals surface area contributed by atoms with Gasteiger partial charge in [0.1, 0.15) is 0 Å². The molecule has 0 heterocycles. The highest BCUT2D eigenvalue weighted by Crippen LogP contribution is 2.29. The Hall–Kier alpha value is -2.10. The second kappa shape index (κ2) is 5.84. The Bertz CT molecular complexity index is 460. The molecule has 0 fully saturated rings. The second-order valence-corrected chi connectivity index (χ2v) is 3.39. The Morgan fingerprint density at radius 2 is 1.65 bits per heavy atom. The quantitative estimate of drug-likeness (QED) is 0.595. The molecule has 0 saturated carbocycles. The maximum absolute atomic E-state index is 10.9. The molecule has 1 aromatic carbocycles. The molecule has 0 aliphatic heterocycles. The summed E-state index contributed by atoms with van der Waals surface area (Å²) in [5.41, 5.74) is 0.861. The number of hydrogen-bond donors (Lipinski definition) is 0. The van der Waals surface area contributed by atoms with Crippen LogP contribution in [0.25, 0.3) is 6.08 Å². The van der Waals surface area contributed by atoms with Crippen molar-refractivity contribution in [2.45, 2.75) is 20.8 Å². The van der Waals surface area contributed by atoms with Crippen molar-refractivity contribution in [3.8, 4) is 11.5 Å². The zero-order valence-corrected chi connectivity index (χ0v) is 10.0. The molecular weight excluding hydrogens is 220 g/mol. The molecular formula is C13H14O4. The lowest BCUT2D eigenvalue weighted by Gasteiger charge is -2.09. The van der Waals surface area contributed by atoms with Gasteiger partial charge in [-0.25, -0.2) is 0 Å². The smallest absolute Gasteiger partial charge is 0.308 e. The largest absolute Gasteiger partial charge is 0.423 e. The molecule has 0 aromatic heterocycles. The van der Waals surface area contributed by atoms with Gasteiger partial charge in [0.2, 0.25) is 0 Å². The molecule has 4 heteroatoms. The Labute approximate surface area is 99.8 Å². The van der Waals surface area contributed by atoms with Crippen molar-refractivity contribution < 1.29 is 19.1 Å². The summed E-state index contributed by atoms with van der Waals surface area (Å²) in [6.45, 7) is 4.46. The van der Waals surface area contributed by atoms with Crippen LogP contribution >= 0.6 is 0 Å². The number of carbonyl (C=O) groups is 2. The summed E-state index contributed by atoms with van der Waals surface area (Å²) in [5, 5.41) is 0. The van der Waals surface area contributed by atoms with Crippen molar-refractivity contribution in [2.24, 2.45) is 0 Å². The first-order valence-corrected chi connectivity index (χ1v) is 5.16. The number of hydrogen-bond acceptors (Lipinski definition) is 4. The maximum atomic E-state index is 10.9. The van der Waals surface area contributed by atoms with E-state index >= 15 is 0 Å². The van der Waals surface area contributed by atoms with E-state index in [4.69, 9.17) is 9.47 Å². The third kappa shape index (κ3) is 4.10. The molecule has 0 bridgehead atoms. The lowest BCUT2D eigenvalue weighted by atomic mass is 10.2. The SMILES string of the molecule is C/C=C/c1ccc(OC(C)=O)c(OC(C)=O)c1. The topological polar surface area (TPSA) is 52.6 Å². The summed E-state index contributed by atoms with van der Waals surface area (Å²) in [5.74, 6) is -0.447.